The smallest absolute Gasteiger partial charge is 0.335 e. The Hall–Kier alpha value is -2.93. The fourth-order valence-electron chi connectivity index (χ4n) is 2.72. The van der Waals surface area contributed by atoms with Crippen LogP contribution >= 0.6 is 34.8 Å². The predicted molar refractivity (Wildman–Crippen MR) is 125 cm³/mol. The van der Waals surface area contributed by atoms with Crippen LogP contribution in [-0.4, -0.2) is 23.6 Å². The minimum Gasteiger partial charge on any atom is -0.490 e. The molecular weight excluding hydrogens is 477 g/mol. The number of halogens is 3. The van der Waals surface area contributed by atoms with Gasteiger partial charge in [0, 0.05) is 28.2 Å². The molecule has 0 radical (unpaired) electrons. The van der Waals surface area contributed by atoms with Crippen molar-refractivity contribution in [2.75, 3.05) is 11.9 Å². The molecule has 0 aromatic heterocycles. The molecule has 0 bridgehead atoms. The fourth-order valence-corrected chi connectivity index (χ4v) is 3.33. The highest BCUT2D eigenvalue weighted by Gasteiger charge is 2.11. The Labute approximate surface area is 199 Å². The molecule has 166 valence electrons. The van der Waals surface area contributed by atoms with Crippen LogP contribution in [0.3, 0.4) is 0 Å². The van der Waals surface area contributed by atoms with Gasteiger partial charge in [0.1, 0.15) is 5.75 Å². The zero-order chi connectivity index (χ0) is 23.1. The minimum atomic E-state index is -1.06. The van der Waals surface area contributed by atoms with Crippen molar-refractivity contribution in [2.45, 2.75) is 12.8 Å². The normalized spacial score (nSPS) is 10.5. The van der Waals surface area contributed by atoms with E-state index in [9.17, 15) is 9.59 Å². The molecule has 3 aromatic carbocycles. The first-order chi connectivity index (χ1) is 15.3. The highest BCUT2D eigenvalue weighted by atomic mass is 35.5. The molecule has 0 aliphatic rings. The molecule has 3 aromatic rings. The molecule has 0 atom stereocenters. The van der Waals surface area contributed by atoms with Crippen LogP contribution < -0.4 is 14.8 Å². The molecule has 3 rings (SSSR count). The third-order valence-corrected chi connectivity index (χ3v) is 4.98. The Kier molecular flexibility index (Phi) is 8.22. The second-order valence-electron chi connectivity index (χ2n) is 6.65. The van der Waals surface area contributed by atoms with Gasteiger partial charge in [0.15, 0.2) is 11.5 Å². The van der Waals surface area contributed by atoms with E-state index in [4.69, 9.17) is 49.4 Å². The van der Waals surface area contributed by atoms with Crippen LogP contribution in [0, 0.1) is 0 Å². The van der Waals surface area contributed by atoms with Crippen LogP contribution in [0.1, 0.15) is 23.2 Å². The van der Waals surface area contributed by atoms with Crippen molar-refractivity contribution in [3.63, 3.8) is 0 Å². The van der Waals surface area contributed by atoms with E-state index < -0.39 is 5.97 Å². The number of carboxylic acid groups (broad SMARTS) is 1. The van der Waals surface area contributed by atoms with E-state index in [0.29, 0.717) is 44.4 Å². The lowest BCUT2D eigenvalue weighted by molar-refractivity contribution is -0.116. The van der Waals surface area contributed by atoms with Crippen molar-refractivity contribution in [3.8, 4) is 17.2 Å². The second-order valence-corrected chi connectivity index (χ2v) is 7.93. The van der Waals surface area contributed by atoms with Gasteiger partial charge in [-0.1, -0.05) is 40.9 Å². The van der Waals surface area contributed by atoms with E-state index in [1.54, 1.807) is 48.5 Å². The van der Waals surface area contributed by atoms with Crippen molar-refractivity contribution in [2.24, 2.45) is 0 Å². The van der Waals surface area contributed by atoms with Gasteiger partial charge in [0.25, 0.3) is 0 Å². The Balaban J connectivity index is 1.55. The lowest BCUT2D eigenvalue weighted by Gasteiger charge is -2.14. The first-order valence-corrected chi connectivity index (χ1v) is 10.6. The number of anilines is 1. The third kappa shape index (κ3) is 6.79. The van der Waals surface area contributed by atoms with E-state index in [1.165, 1.54) is 12.1 Å². The molecule has 0 unspecified atom stereocenters. The van der Waals surface area contributed by atoms with Gasteiger partial charge in [0.2, 0.25) is 5.91 Å². The van der Waals surface area contributed by atoms with Crippen LogP contribution in [0.15, 0.2) is 60.7 Å². The second kappa shape index (κ2) is 11.1. The quantitative estimate of drug-likeness (QED) is 0.315. The van der Waals surface area contributed by atoms with Gasteiger partial charge < -0.3 is 19.9 Å². The molecule has 0 spiro atoms. The summed E-state index contributed by atoms with van der Waals surface area (Å²) < 4.78 is 11.6. The molecule has 0 aliphatic carbocycles. The minimum absolute atomic E-state index is 0.0976. The Morgan fingerprint density at radius 2 is 1.59 bits per heavy atom. The highest BCUT2D eigenvalue weighted by molar-refractivity contribution is 6.35. The van der Waals surface area contributed by atoms with Gasteiger partial charge in [-0.3, -0.25) is 4.79 Å². The first-order valence-electron chi connectivity index (χ1n) is 9.50. The molecule has 6 nitrogen and oxygen atoms in total. The molecule has 32 heavy (non-hydrogen) atoms. The predicted octanol–water partition coefficient (Wildman–Crippen LogP) is 6.94. The maximum Gasteiger partial charge on any atom is 0.335 e. The standard InChI is InChI=1S/C23H18Cl3NO5/c24-15-6-8-19(18(26)12-15)32-20-9-7-16(25)13-21(20)31-10-2-5-22(28)27-17-4-1-3-14(11-17)23(29)30/h1,3-4,6-9,11-13H,2,5,10H2,(H,27,28)(H,29,30). The average molecular weight is 495 g/mol. The molecule has 0 saturated heterocycles. The topological polar surface area (TPSA) is 84.9 Å². The third-order valence-electron chi connectivity index (χ3n) is 4.22. The number of benzene rings is 3. The SMILES string of the molecule is O=C(CCCOc1cc(Cl)ccc1Oc1ccc(Cl)cc1Cl)Nc1cccc(C(=O)O)c1. The van der Waals surface area contributed by atoms with Gasteiger partial charge in [-0.2, -0.15) is 0 Å². The first kappa shape index (κ1) is 23.7. The summed E-state index contributed by atoms with van der Waals surface area (Å²) in [5.74, 6) is -0.0987. The van der Waals surface area contributed by atoms with E-state index in [-0.39, 0.29) is 24.5 Å². The highest BCUT2D eigenvalue weighted by Crippen LogP contribution is 2.37. The average Bonchev–Trinajstić information content (AvgIpc) is 2.75. The molecular formula is C23H18Cl3NO5. The summed E-state index contributed by atoms with van der Waals surface area (Å²) in [5.41, 5.74) is 0.515. The van der Waals surface area contributed by atoms with E-state index in [1.807, 2.05) is 0 Å². The van der Waals surface area contributed by atoms with Crippen LogP contribution in [0.5, 0.6) is 17.2 Å². The maximum absolute atomic E-state index is 12.1. The number of carbonyl (C=O) groups excluding carboxylic acids is 1. The number of rotatable bonds is 9. The number of hydrogen-bond acceptors (Lipinski definition) is 4. The maximum atomic E-state index is 12.1. The number of ether oxygens (including phenoxy) is 2. The number of amides is 1. The number of nitrogens with one attached hydrogen (secondary N) is 1. The number of hydrogen-bond donors (Lipinski definition) is 2. The monoisotopic (exact) mass is 493 g/mol. The summed E-state index contributed by atoms with van der Waals surface area (Å²) in [6, 6.07) is 15.8. The van der Waals surface area contributed by atoms with Crippen LogP contribution in [0.4, 0.5) is 5.69 Å². The lowest BCUT2D eigenvalue weighted by atomic mass is 10.2. The largest absolute Gasteiger partial charge is 0.490 e. The molecule has 2 N–H and O–H groups in total. The van der Waals surface area contributed by atoms with Gasteiger partial charge >= 0.3 is 5.97 Å². The van der Waals surface area contributed by atoms with Crippen molar-refractivity contribution >= 4 is 52.4 Å². The van der Waals surface area contributed by atoms with Crippen molar-refractivity contribution in [1.29, 1.82) is 0 Å². The van der Waals surface area contributed by atoms with E-state index >= 15 is 0 Å². The zero-order valence-corrected chi connectivity index (χ0v) is 18.9. The molecule has 0 heterocycles. The summed E-state index contributed by atoms with van der Waals surface area (Å²) in [6.45, 7) is 0.230. The van der Waals surface area contributed by atoms with E-state index in [0.717, 1.165) is 0 Å². The Morgan fingerprint density at radius 1 is 0.875 bits per heavy atom. The van der Waals surface area contributed by atoms with Gasteiger partial charge in [0.05, 0.1) is 17.2 Å². The number of carbonyl (C=O) groups is 2. The molecule has 0 saturated carbocycles. The summed E-state index contributed by atoms with van der Waals surface area (Å²) in [4.78, 5) is 23.2. The fraction of sp³-hybridized carbons (Fsp3) is 0.130. The van der Waals surface area contributed by atoms with Crippen molar-refractivity contribution < 1.29 is 24.2 Å². The Morgan fingerprint density at radius 3 is 2.31 bits per heavy atom. The van der Waals surface area contributed by atoms with E-state index in [2.05, 4.69) is 5.32 Å². The van der Waals surface area contributed by atoms with Crippen molar-refractivity contribution in [1.82, 2.24) is 0 Å². The summed E-state index contributed by atoms with van der Waals surface area (Å²) in [6.07, 6.45) is 0.592. The van der Waals surface area contributed by atoms with Crippen molar-refractivity contribution in [3.05, 3.63) is 81.3 Å². The van der Waals surface area contributed by atoms with Gasteiger partial charge in [-0.05, 0) is 55.0 Å². The summed E-state index contributed by atoms with van der Waals surface area (Å²) in [7, 11) is 0. The van der Waals surface area contributed by atoms with Crippen LogP contribution in [0.2, 0.25) is 15.1 Å². The number of aromatic carboxylic acids is 1. The van der Waals surface area contributed by atoms with Gasteiger partial charge in [-0.15, -0.1) is 0 Å². The van der Waals surface area contributed by atoms with Gasteiger partial charge in [-0.25, -0.2) is 4.79 Å². The molecule has 0 fully saturated rings. The van der Waals surface area contributed by atoms with Crippen LogP contribution in [0.25, 0.3) is 0 Å². The summed E-state index contributed by atoms with van der Waals surface area (Å²) >= 11 is 18.2. The van der Waals surface area contributed by atoms with Crippen LogP contribution in [-0.2, 0) is 4.79 Å². The summed E-state index contributed by atoms with van der Waals surface area (Å²) in [5, 5.41) is 13.0. The molecule has 1 amide bonds. The molecule has 9 heteroatoms. The Bertz CT molecular complexity index is 1140. The number of carboxylic acids is 1. The zero-order valence-electron chi connectivity index (χ0n) is 16.6. The lowest BCUT2D eigenvalue weighted by Crippen LogP contribution is -2.13. The molecule has 0 aliphatic heterocycles.